The monoisotopic (exact) mass is 309 g/mol. The average molecular weight is 309 g/mol. The molecule has 3 heterocycles. The Hall–Kier alpha value is -1.12. The van der Waals surface area contributed by atoms with Gasteiger partial charge in [0.1, 0.15) is 0 Å². The number of thioether (sulfide) groups is 1. The Balaban J connectivity index is 1.43. The quantitative estimate of drug-likeness (QED) is 0.700. The minimum Gasteiger partial charge on any atom is -0.391 e. The highest BCUT2D eigenvalue weighted by Crippen LogP contribution is 2.41. The van der Waals surface area contributed by atoms with Crippen LogP contribution in [0, 0.1) is 0 Å². The first kappa shape index (κ1) is 13.5. The van der Waals surface area contributed by atoms with Crippen molar-refractivity contribution in [3.05, 3.63) is 11.9 Å². The first-order valence-electron chi connectivity index (χ1n) is 7.43. The summed E-state index contributed by atoms with van der Waals surface area (Å²) in [6, 6.07) is 0.180. The van der Waals surface area contributed by atoms with E-state index in [0.29, 0.717) is 5.69 Å². The van der Waals surface area contributed by atoms with Crippen molar-refractivity contribution in [2.75, 3.05) is 18.8 Å². The van der Waals surface area contributed by atoms with Crippen molar-refractivity contribution in [2.24, 2.45) is 0 Å². The Kier molecular flexibility index (Phi) is 3.20. The minimum absolute atomic E-state index is 0.0248. The number of aliphatic hydroxyl groups is 1. The predicted octanol–water partition coefficient (Wildman–Crippen LogP) is -0.449. The second-order valence-corrected chi connectivity index (χ2v) is 7.64. The van der Waals surface area contributed by atoms with Crippen LogP contribution in [-0.4, -0.2) is 61.7 Å². The molecule has 21 heavy (non-hydrogen) atoms. The van der Waals surface area contributed by atoms with Crippen LogP contribution < -0.4 is 10.6 Å². The van der Waals surface area contributed by atoms with Gasteiger partial charge < -0.3 is 15.7 Å². The normalized spacial score (nSPS) is 33.5. The van der Waals surface area contributed by atoms with E-state index >= 15 is 0 Å². The summed E-state index contributed by atoms with van der Waals surface area (Å²) in [7, 11) is 0. The molecule has 1 aliphatic carbocycles. The molecule has 0 aromatic carbocycles. The van der Waals surface area contributed by atoms with Gasteiger partial charge in [0.15, 0.2) is 5.69 Å². The lowest BCUT2D eigenvalue weighted by Gasteiger charge is -2.43. The highest BCUT2D eigenvalue weighted by molar-refractivity contribution is 8.01. The fourth-order valence-electron chi connectivity index (χ4n) is 3.22. The van der Waals surface area contributed by atoms with Gasteiger partial charge in [-0.15, -0.1) is 5.10 Å². The van der Waals surface area contributed by atoms with Crippen molar-refractivity contribution in [3.63, 3.8) is 0 Å². The number of hydrogen-bond acceptors (Lipinski definition) is 6. The van der Waals surface area contributed by atoms with E-state index in [1.54, 1.807) is 10.9 Å². The largest absolute Gasteiger partial charge is 0.391 e. The van der Waals surface area contributed by atoms with Gasteiger partial charge in [-0.25, -0.2) is 4.68 Å². The molecule has 114 valence electrons. The molecular weight excluding hydrogens is 290 g/mol. The molecule has 1 amide bonds. The second-order valence-electron chi connectivity index (χ2n) is 6.13. The molecule has 3 atom stereocenters. The number of carbonyl (C=O) groups is 1. The summed E-state index contributed by atoms with van der Waals surface area (Å²) < 4.78 is 1.79. The van der Waals surface area contributed by atoms with Crippen LogP contribution >= 0.6 is 11.8 Å². The Labute approximate surface area is 126 Å². The molecule has 8 heteroatoms. The summed E-state index contributed by atoms with van der Waals surface area (Å²) in [6.07, 6.45) is 3.97. The number of carbonyl (C=O) groups excluding carboxylic acids is 1. The first-order chi connectivity index (χ1) is 10.2. The number of nitrogens with one attached hydrogen (secondary N) is 2. The van der Waals surface area contributed by atoms with Crippen LogP contribution in [0.15, 0.2) is 6.20 Å². The van der Waals surface area contributed by atoms with Crippen molar-refractivity contribution in [1.82, 2.24) is 25.6 Å². The molecule has 1 spiro atoms. The van der Waals surface area contributed by atoms with E-state index in [4.69, 9.17) is 0 Å². The maximum atomic E-state index is 12.3. The van der Waals surface area contributed by atoms with Gasteiger partial charge >= 0.3 is 0 Å². The van der Waals surface area contributed by atoms with E-state index in [1.807, 2.05) is 11.8 Å². The van der Waals surface area contributed by atoms with Gasteiger partial charge in [0.05, 0.1) is 23.1 Å². The number of rotatable bonds is 3. The van der Waals surface area contributed by atoms with Crippen LogP contribution in [0.4, 0.5) is 0 Å². The molecule has 3 N–H and O–H groups in total. The molecule has 0 radical (unpaired) electrons. The van der Waals surface area contributed by atoms with E-state index in [-0.39, 0.29) is 28.8 Å². The van der Waals surface area contributed by atoms with E-state index in [1.165, 1.54) is 0 Å². The topological polar surface area (TPSA) is 92.1 Å². The standard InChI is InChI=1S/C13H19N5O2S/c19-10-2-1-9(10)18-5-8(16-17-18)12(20)15-11-3-4-21-13(11)6-14-7-13/h5,9-11,14,19H,1-4,6-7H2,(H,15,20)/t9-,10-,11?/m1/s1. The van der Waals surface area contributed by atoms with Gasteiger partial charge in [-0.3, -0.25) is 4.79 Å². The lowest BCUT2D eigenvalue weighted by Crippen LogP contribution is -2.65. The van der Waals surface area contributed by atoms with Gasteiger partial charge in [0.25, 0.3) is 5.91 Å². The number of nitrogens with zero attached hydrogens (tertiary/aromatic N) is 3. The van der Waals surface area contributed by atoms with E-state index in [0.717, 1.165) is 38.1 Å². The summed E-state index contributed by atoms with van der Waals surface area (Å²) in [5, 5.41) is 24.0. The van der Waals surface area contributed by atoms with Gasteiger partial charge in [0.2, 0.25) is 0 Å². The highest BCUT2D eigenvalue weighted by atomic mass is 32.2. The zero-order valence-corrected chi connectivity index (χ0v) is 12.5. The molecule has 2 aliphatic heterocycles. The van der Waals surface area contributed by atoms with Crippen LogP contribution in [-0.2, 0) is 0 Å². The molecule has 1 unspecified atom stereocenters. The molecule has 7 nitrogen and oxygen atoms in total. The minimum atomic E-state index is -0.363. The number of aliphatic hydroxyl groups excluding tert-OH is 1. The van der Waals surface area contributed by atoms with Gasteiger partial charge in [-0.1, -0.05) is 5.21 Å². The lowest BCUT2D eigenvalue weighted by molar-refractivity contribution is 0.0244. The third kappa shape index (κ3) is 2.16. The Morgan fingerprint density at radius 3 is 2.95 bits per heavy atom. The third-order valence-electron chi connectivity index (χ3n) is 4.87. The maximum Gasteiger partial charge on any atom is 0.273 e. The van der Waals surface area contributed by atoms with Crippen LogP contribution in [0.1, 0.15) is 35.8 Å². The molecule has 3 fully saturated rings. The number of aromatic nitrogens is 3. The average Bonchev–Trinajstić information content (AvgIpc) is 3.03. The van der Waals surface area contributed by atoms with Crippen molar-refractivity contribution in [1.29, 1.82) is 0 Å². The predicted molar refractivity (Wildman–Crippen MR) is 78.2 cm³/mol. The van der Waals surface area contributed by atoms with Crippen molar-refractivity contribution in [3.8, 4) is 0 Å². The highest BCUT2D eigenvalue weighted by Gasteiger charge is 2.49. The molecule has 1 saturated carbocycles. The maximum absolute atomic E-state index is 12.3. The Bertz CT molecular complexity index is 559. The van der Waals surface area contributed by atoms with Crippen LogP contribution in [0.5, 0.6) is 0 Å². The summed E-state index contributed by atoms with van der Waals surface area (Å²) in [5.41, 5.74) is 0.341. The molecular formula is C13H19N5O2S. The van der Waals surface area contributed by atoms with E-state index < -0.39 is 0 Å². The Morgan fingerprint density at radius 1 is 1.48 bits per heavy atom. The van der Waals surface area contributed by atoms with Crippen LogP contribution in [0.2, 0.25) is 0 Å². The van der Waals surface area contributed by atoms with Gasteiger partial charge in [-0.2, -0.15) is 11.8 Å². The molecule has 1 aromatic heterocycles. The van der Waals surface area contributed by atoms with E-state index in [9.17, 15) is 9.90 Å². The summed E-state index contributed by atoms with van der Waals surface area (Å²) in [5.74, 6) is 0.932. The zero-order chi connectivity index (χ0) is 14.4. The molecule has 3 aliphatic rings. The molecule has 1 aromatic rings. The number of amides is 1. The van der Waals surface area contributed by atoms with Crippen LogP contribution in [0.3, 0.4) is 0 Å². The van der Waals surface area contributed by atoms with Crippen molar-refractivity contribution in [2.45, 2.75) is 42.2 Å². The summed E-state index contributed by atoms with van der Waals surface area (Å²) >= 11 is 1.95. The van der Waals surface area contributed by atoms with E-state index in [2.05, 4.69) is 20.9 Å². The summed E-state index contributed by atoms with van der Waals surface area (Å²) in [4.78, 5) is 12.3. The third-order valence-corrected chi connectivity index (χ3v) is 6.46. The fraction of sp³-hybridized carbons (Fsp3) is 0.769. The molecule has 4 rings (SSSR count). The van der Waals surface area contributed by atoms with Crippen molar-refractivity contribution >= 4 is 17.7 Å². The van der Waals surface area contributed by atoms with Crippen LogP contribution in [0.25, 0.3) is 0 Å². The molecule has 0 bridgehead atoms. The lowest BCUT2D eigenvalue weighted by atomic mass is 9.89. The second kappa shape index (κ2) is 4.96. The Morgan fingerprint density at radius 2 is 2.33 bits per heavy atom. The fourth-order valence-corrected chi connectivity index (χ4v) is 4.76. The zero-order valence-electron chi connectivity index (χ0n) is 11.7. The molecule has 2 saturated heterocycles. The summed E-state index contributed by atoms with van der Waals surface area (Å²) in [6.45, 7) is 1.92. The first-order valence-corrected chi connectivity index (χ1v) is 8.42. The smallest absolute Gasteiger partial charge is 0.273 e. The number of hydrogen-bond donors (Lipinski definition) is 3. The van der Waals surface area contributed by atoms with Gasteiger partial charge in [-0.05, 0) is 25.0 Å². The van der Waals surface area contributed by atoms with Gasteiger partial charge in [0, 0.05) is 19.1 Å². The SMILES string of the molecule is O=C(NC1CCSC12CNC2)c1cn([C@@H]2CC[C@H]2O)nn1. The van der Waals surface area contributed by atoms with Crippen molar-refractivity contribution < 1.29 is 9.90 Å².